The number of unbranched alkanes of at least 4 members (excludes halogenated alkanes) is 1. The molecule has 1 heterocycles. The minimum Gasteiger partial charge on any atom is -0.497 e. The summed E-state index contributed by atoms with van der Waals surface area (Å²) in [5, 5.41) is 0.628. The topological polar surface area (TPSA) is 67.1 Å². The maximum Gasteiger partial charge on any atom is 0.342 e. The molecule has 1 aromatic heterocycles. The van der Waals surface area contributed by atoms with Gasteiger partial charge >= 0.3 is 5.97 Å². The minimum absolute atomic E-state index is 0.227. The lowest BCUT2D eigenvalue weighted by molar-refractivity contribution is 0.0504. The maximum absolute atomic E-state index is 13.4. The fourth-order valence-electron chi connectivity index (χ4n) is 4.26. The van der Waals surface area contributed by atoms with Crippen LogP contribution in [0.2, 0.25) is 17.6 Å². The smallest absolute Gasteiger partial charge is 0.342 e. The van der Waals surface area contributed by atoms with Crippen LogP contribution in [0.5, 0.6) is 11.5 Å². The number of methoxy groups -OCH3 is 2. The molecule has 3 aromatic rings. The Morgan fingerprint density at radius 3 is 2.30 bits per heavy atom. The number of furan rings is 1. The van der Waals surface area contributed by atoms with Crippen molar-refractivity contribution in [1.29, 1.82) is 0 Å². The molecule has 0 atom stereocenters. The predicted molar refractivity (Wildman–Crippen MR) is 150 cm³/mol. The summed E-state index contributed by atoms with van der Waals surface area (Å²) in [6, 6.07) is 11.2. The standard InChI is InChI=1S/C30H38O6Si/c1-9-10-11-16-34-30(31)27-25-17-22(19-35-37(8,20(2)3)21(4)5)18-26(33-7)29(25)36-28(27)23-12-14-24(32-6)15-13-23/h1,12-15,17-18,20-21H,10-11,16,19H2,2-8H3. The first-order valence-electron chi connectivity index (χ1n) is 12.7. The van der Waals surface area contributed by atoms with Crippen LogP contribution in [0.4, 0.5) is 0 Å². The summed E-state index contributed by atoms with van der Waals surface area (Å²) in [6.07, 6.45) is 6.47. The summed E-state index contributed by atoms with van der Waals surface area (Å²) in [5.41, 5.74) is 3.40. The summed E-state index contributed by atoms with van der Waals surface area (Å²) in [7, 11) is 1.22. The summed E-state index contributed by atoms with van der Waals surface area (Å²) >= 11 is 0. The SMILES string of the molecule is C#CCCCOC(=O)c1c(-c2ccc(OC)cc2)oc2c(OC)cc(CO[Si](C)(C(C)C)C(C)C)cc12. The summed E-state index contributed by atoms with van der Waals surface area (Å²) in [5.74, 6) is 3.76. The zero-order valence-electron chi connectivity index (χ0n) is 23.0. The molecular formula is C30H38O6Si. The zero-order chi connectivity index (χ0) is 27.2. The van der Waals surface area contributed by atoms with Crippen molar-refractivity contribution in [1.82, 2.24) is 0 Å². The number of benzene rings is 2. The molecule has 0 fully saturated rings. The van der Waals surface area contributed by atoms with Crippen LogP contribution in [0.15, 0.2) is 40.8 Å². The van der Waals surface area contributed by atoms with E-state index in [1.165, 1.54) is 0 Å². The molecule has 0 bridgehead atoms. The second-order valence-electron chi connectivity index (χ2n) is 9.93. The molecule has 198 valence electrons. The Bertz CT molecular complexity index is 1240. The van der Waals surface area contributed by atoms with Gasteiger partial charge in [-0.1, -0.05) is 27.7 Å². The van der Waals surface area contributed by atoms with Gasteiger partial charge in [-0.15, -0.1) is 12.3 Å². The highest BCUT2D eigenvalue weighted by Gasteiger charge is 2.37. The number of hydrogen-bond donors (Lipinski definition) is 0. The summed E-state index contributed by atoms with van der Waals surface area (Å²) in [4.78, 5) is 13.4. The third-order valence-electron chi connectivity index (χ3n) is 7.13. The second kappa shape index (κ2) is 12.4. The molecule has 0 radical (unpaired) electrons. The first-order chi connectivity index (χ1) is 17.7. The van der Waals surface area contributed by atoms with Gasteiger partial charge in [0.1, 0.15) is 17.1 Å². The van der Waals surface area contributed by atoms with Gasteiger partial charge < -0.3 is 23.1 Å². The first kappa shape index (κ1) is 28.4. The Hall–Kier alpha value is -3.21. The van der Waals surface area contributed by atoms with E-state index in [4.69, 9.17) is 29.5 Å². The number of fused-ring (bicyclic) bond motifs is 1. The van der Waals surface area contributed by atoms with Crippen molar-refractivity contribution in [2.75, 3.05) is 20.8 Å². The van der Waals surface area contributed by atoms with Gasteiger partial charge in [0.05, 0.1) is 27.4 Å². The molecule has 6 nitrogen and oxygen atoms in total. The zero-order valence-corrected chi connectivity index (χ0v) is 24.0. The molecule has 0 saturated carbocycles. The number of carbonyl (C=O) groups excluding carboxylic acids is 1. The van der Waals surface area contributed by atoms with Crippen molar-refractivity contribution in [3.8, 4) is 35.2 Å². The Kier molecular flexibility index (Phi) is 9.47. The molecule has 37 heavy (non-hydrogen) atoms. The highest BCUT2D eigenvalue weighted by molar-refractivity contribution is 6.75. The monoisotopic (exact) mass is 522 g/mol. The number of hydrogen-bond acceptors (Lipinski definition) is 6. The van der Waals surface area contributed by atoms with Crippen molar-refractivity contribution < 1.29 is 27.8 Å². The number of esters is 1. The van der Waals surface area contributed by atoms with Crippen LogP contribution < -0.4 is 9.47 Å². The molecule has 0 amide bonds. The Morgan fingerprint density at radius 2 is 1.73 bits per heavy atom. The fraction of sp³-hybridized carbons (Fsp3) is 0.433. The second-order valence-corrected chi connectivity index (χ2v) is 14.9. The lowest BCUT2D eigenvalue weighted by Crippen LogP contribution is -2.41. The van der Waals surface area contributed by atoms with Gasteiger partial charge in [-0.05, 0) is 66.0 Å². The van der Waals surface area contributed by atoms with E-state index in [0.29, 0.717) is 64.3 Å². The minimum atomic E-state index is -1.98. The van der Waals surface area contributed by atoms with Crippen LogP contribution in [-0.4, -0.2) is 35.1 Å². The Labute approximate surface area is 221 Å². The van der Waals surface area contributed by atoms with Crippen LogP contribution in [-0.2, 0) is 15.8 Å². The van der Waals surface area contributed by atoms with Gasteiger partial charge in [0, 0.05) is 17.4 Å². The fourth-order valence-corrected chi connectivity index (χ4v) is 6.74. The molecule has 0 unspecified atom stereocenters. The van der Waals surface area contributed by atoms with Crippen LogP contribution in [0, 0.1) is 12.3 Å². The van der Waals surface area contributed by atoms with Crippen LogP contribution in [0.25, 0.3) is 22.3 Å². The molecule has 0 aliphatic rings. The van der Waals surface area contributed by atoms with Crippen molar-refractivity contribution >= 4 is 25.3 Å². The molecule has 7 heteroatoms. The van der Waals surface area contributed by atoms with E-state index < -0.39 is 14.3 Å². The third kappa shape index (κ3) is 6.20. The molecule has 2 aromatic carbocycles. The van der Waals surface area contributed by atoms with Gasteiger partial charge in [0.2, 0.25) is 0 Å². The lowest BCUT2D eigenvalue weighted by Gasteiger charge is -2.35. The molecular weight excluding hydrogens is 484 g/mol. The molecule has 0 spiro atoms. The third-order valence-corrected chi connectivity index (χ3v) is 12.5. The van der Waals surface area contributed by atoms with Crippen molar-refractivity contribution in [3.05, 3.63) is 47.5 Å². The van der Waals surface area contributed by atoms with E-state index in [-0.39, 0.29) is 6.61 Å². The van der Waals surface area contributed by atoms with Crippen molar-refractivity contribution in [2.24, 2.45) is 0 Å². The highest BCUT2D eigenvalue weighted by atomic mass is 28.4. The Morgan fingerprint density at radius 1 is 1.05 bits per heavy atom. The van der Waals surface area contributed by atoms with Gasteiger partial charge in [-0.25, -0.2) is 4.79 Å². The molecule has 0 N–H and O–H groups in total. The van der Waals surface area contributed by atoms with E-state index in [1.807, 2.05) is 36.4 Å². The van der Waals surface area contributed by atoms with Gasteiger partial charge in [-0.3, -0.25) is 0 Å². The molecule has 3 rings (SSSR count). The molecule has 0 saturated heterocycles. The van der Waals surface area contributed by atoms with E-state index in [2.05, 4.69) is 40.2 Å². The molecule has 0 aliphatic heterocycles. The average molecular weight is 523 g/mol. The number of rotatable bonds is 12. The van der Waals surface area contributed by atoms with Gasteiger partial charge in [-0.2, -0.15) is 0 Å². The average Bonchev–Trinajstić information content (AvgIpc) is 3.28. The van der Waals surface area contributed by atoms with Crippen LogP contribution in [0.1, 0.15) is 56.5 Å². The first-order valence-corrected chi connectivity index (χ1v) is 15.2. The largest absolute Gasteiger partial charge is 0.497 e. The number of ether oxygens (including phenoxy) is 3. The highest BCUT2D eigenvalue weighted by Crippen LogP contribution is 2.41. The van der Waals surface area contributed by atoms with Gasteiger partial charge in [0.25, 0.3) is 0 Å². The maximum atomic E-state index is 13.4. The summed E-state index contributed by atoms with van der Waals surface area (Å²) < 4.78 is 29.5. The van der Waals surface area contributed by atoms with Crippen LogP contribution in [0.3, 0.4) is 0 Å². The number of terminal acetylenes is 1. The summed E-state index contributed by atoms with van der Waals surface area (Å²) in [6.45, 7) is 11.8. The van der Waals surface area contributed by atoms with Crippen molar-refractivity contribution in [3.63, 3.8) is 0 Å². The number of carbonyl (C=O) groups is 1. The van der Waals surface area contributed by atoms with E-state index >= 15 is 0 Å². The van der Waals surface area contributed by atoms with Crippen molar-refractivity contribution in [2.45, 2.75) is 64.8 Å². The van der Waals surface area contributed by atoms with E-state index in [0.717, 1.165) is 11.1 Å². The van der Waals surface area contributed by atoms with E-state index in [1.54, 1.807) is 14.2 Å². The normalized spacial score (nSPS) is 11.7. The van der Waals surface area contributed by atoms with Gasteiger partial charge in [0.15, 0.2) is 19.6 Å². The van der Waals surface area contributed by atoms with E-state index in [9.17, 15) is 4.79 Å². The van der Waals surface area contributed by atoms with Crippen LogP contribution >= 0.6 is 0 Å². The molecule has 0 aliphatic carbocycles. The predicted octanol–water partition coefficient (Wildman–Crippen LogP) is 7.60. The quantitative estimate of drug-likeness (QED) is 0.106. The Balaban J connectivity index is 2.11. The lowest BCUT2D eigenvalue weighted by atomic mass is 10.0.